The Hall–Kier alpha value is -3.07. The molecule has 2 rings (SSSR count). The number of hydrogen-bond acceptors (Lipinski definition) is 6. The lowest BCUT2D eigenvalue weighted by atomic mass is 10.0. The summed E-state index contributed by atoms with van der Waals surface area (Å²) in [5, 5.41) is 21.0. The van der Waals surface area contributed by atoms with E-state index in [1.54, 1.807) is 29.1 Å². The second kappa shape index (κ2) is 8.86. The monoisotopic (exact) mass is 361 g/mol. The number of hydrogen-bond donors (Lipinski definition) is 5. The first-order valence-corrected chi connectivity index (χ1v) is 8.20. The van der Waals surface area contributed by atoms with E-state index in [0.29, 0.717) is 18.9 Å². The lowest BCUT2D eigenvalue weighted by molar-refractivity contribution is -0.142. The first-order chi connectivity index (χ1) is 12.4. The van der Waals surface area contributed by atoms with E-state index < -0.39 is 24.0 Å². The predicted molar refractivity (Wildman–Crippen MR) is 95.2 cm³/mol. The fourth-order valence-corrected chi connectivity index (χ4v) is 2.51. The predicted octanol–water partition coefficient (Wildman–Crippen LogP) is 0.0905. The Bertz CT molecular complexity index is 744. The van der Waals surface area contributed by atoms with Crippen molar-refractivity contribution in [2.45, 2.75) is 37.9 Å². The van der Waals surface area contributed by atoms with Crippen LogP contribution in [0.4, 0.5) is 5.95 Å². The number of nitrogens with zero attached hydrogens (tertiary/aromatic N) is 2. The molecule has 0 radical (unpaired) electrons. The molecule has 0 aliphatic carbocycles. The number of amides is 1. The van der Waals surface area contributed by atoms with Crippen LogP contribution in [-0.2, 0) is 22.6 Å². The standard InChI is InChI=1S/C17H23N5O4/c18-13(10-11-3-5-12(23)6-4-11)15(24)21-14(16(25)26)2-1-8-22-9-7-20-17(22)19/h3-7,9,13-14,23H,1-2,8,10,18H2,(H2,19,20)(H,21,24)(H,25,26)/t13-,14+/m0/s1. The number of carbonyl (C=O) groups excluding carboxylic acids is 1. The lowest BCUT2D eigenvalue weighted by Crippen LogP contribution is -2.49. The van der Waals surface area contributed by atoms with Crippen molar-refractivity contribution in [2.75, 3.05) is 5.73 Å². The summed E-state index contributed by atoms with van der Waals surface area (Å²) in [5.41, 5.74) is 12.3. The van der Waals surface area contributed by atoms with Crippen LogP contribution in [0.25, 0.3) is 0 Å². The van der Waals surface area contributed by atoms with Gasteiger partial charge in [0.15, 0.2) is 5.95 Å². The van der Waals surface area contributed by atoms with Crippen molar-refractivity contribution in [2.24, 2.45) is 5.73 Å². The highest BCUT2D eigenvalue weighted by molar-refractivity contribution is 5.86. The molecule has 1 aromatic carbocycles. The summed E-state index contributed by atoms with van der Waals surface area (Å²) in [6.07, 6.45) is 4.26. The van der Waals surface area contributed by atoms with Crippen LogP contribution in [0.2, 0.25) is 0 Å². The number of phenols is 1. The number of carbonyl (C=O) groups is 2. The molecule has 0 saturated heterocycles. The molecule has 1 amide bonds. The van der Waals surface area contributed by atoms with Crippen LogP contribution in [0.1, 0.15) is 18.4 Å². The summed E-state index contributed by atoms with van der Waals surface area (Å²) >= 11 is 0. The number of nitrogen functional groups attached to an aromatic ring is 1. The van der Waals surface area contributed by atoms with Crippen LogP contribution < -0.4 is 16.8 Å². The number of aryl methyl sites for hydroxylation is 1. The molecule has 2 atom stereocenters. The van der Waals surface area contributed by atoms with E-state index in [-0.39, 0.29) is 18.6 Å². The Morgan fingerprint density at radius 2 is 1.96 bits per heavy atom. The number of anilines is 1. The van der Waals surface area contributed by atoms with Crippen LogP contribution in [0.3, 0.4) is 0 Å². The van der Waals surface area contributed by atoms with E-state index >= 15 is 0 Å². The average molecular weight is 361 g/mol. The average Bonchev–Trinajstić information content (AvgIpc) is 3.00. The number of aromatic nitrogens is 2. The molecule has 1 heterocycles. The Kier molecular flexibility index (Phi) is 6.56. The number of rotatable bonds is 9. The Morgan fingerprint density at radius 1 is 1.27 bits per heavy atom. The van der Waals surface area contributed by atoms with Crippen molar-refractivity contribution >= 4 is 17.8 Å². The van der Waals surface area contributed by atoms with Crippen LogP contribution in [0, 0.1) is 0 Å². The number of aliphatic carboxylic acids is 1. The first-order valence-electron chi connectivity index (χ1n) is 8.20. The normalized spacial score (nSPS) is 13.1. The van der Waals surface area contributed by atoms with E-state index in [1.807, 2.05) is 0 Å². The number of imidazole rings is 1. The van der Waals surface area contributed by atoms with Gasteiger partial charge in [0.25, 0.3) is 0 Å². The molecule has 0 fully saturated rings. The number of carboxylic acid groups (broad SMARTS) is 1. The van der Waals surface area contributed by atoms with Gasteiger partial charge >= 0.3 is 5.97 Å². The zero-order valence-electron chi connectivity index (χ0n) is 14.2. The number of phenolic OH excluding ortho intramolecular Hbond substituents is 1. The summed E-state index contributed by atoms with van der Waals surface area (Å²) in [6, 6.07) is 4.41. The molecule has 0 bridgehead atoms. The van der Waals surface area contributed by atoms with Gasteiger partial charge in [0.2, 0.25) is 5.91 Å². The summed E-state index contributed by atoms with van der Waals surface area (Å²) in [4.78, 5) is 27.5. The Labute approximate surface area is 150 Å². The molecule has 0 saturated carbocycles. The van der Waals surface area contributed by atoms with Gasteiger partial charge in [-0.05, 0) is 37.0 Å². The van der Waals surface area contributed by atoms with Gasteiger partial charge in [-0.1, -0.05) is 12.1 Å². The number of carboxylic acids is 1. The second-order valence-corrected chi connectivity index (χ2v) is 6.00. The van der Waals surface area contributed by atoms with Crippen molar-refractivity contribution in [3.63, 3.8) is 0 Å². The van der Waals surface area contributed by atoms with Gasteiger partial charge in [-0.2, -0.15) is 0 Å². The Morgan fingerprint density at radius 3 is 2.54 bits per heavy atom. The van der Waals surface area contributed by atoms with Crippen molar-refractivity contribution in [3.8, 4) is 5.75 Å². The quantitative estimate of drug-likeness (QED) is 0.423. The third-order valence-corrected chi connectivity index (χ3v) is 3.98. The summed E-state index contributed by atoms with van der Waals surface area (Å²) in [7, 11) is 0. The number of nitrogens with one attached hydrogen (secondary N) is 1. The minimum atomic E-state index is -1.12. The SMILES string of the molecule is Nc1nccn1CCC[C@@H](NC(=O)[C@@H](N)Cc1ccc(O)cc1)C(=O)O. The minimum absolute atomic E-state index is 0.122. The van der Waals surface area contributed by atoms with Crippen molar-refractivity contribution in [1.82, 2.24) is 14.9 Å². The van der Waals surface area contributed by atoms with E-state index in [4.69, 9.17) is 11.5 Å². The van der Waals surface area contributed by atoms with Crippen LogP contribution in [0.5, 0.6) is 5.75 Å². The molecular weight excluding hydrogens is 338 g/mol. The molecular formula is C17H23N5O4. The number of benzene rings is 1. The molecule has 0 unspecified atom stereocenters. The Balaban J connectivity index is 1.85. The van der Waals surface area contributed by atoms with Gasteiger partial charge in [-0.15, -0.1) is 0 Å². The molecule has 1 aromatic heterocycles. The van der Waals surface area contributed by atoms with E-state index in [2.05, 4.69) is 10.3 Å². The highest BCUT2D eigenvalue weighted by Gasteiger charge is 2.23. The first kappa shape index (κ1) is 19.3. The largest absolute Gasteiger partial charge is 0.508 e. The van der Waals surface area contributed by atoms with Crippen molar-refractivity contribution in [3.05, 3.63) is 42.2 Å². The fraction of sp³-hybridized carbons (Fsp3) is 0.353. The third kappa shape index (κ3) is 5.49. The van der Waals surface area contributed by atoms with Crippen LogP contribution in [-0.4, -0.2) is 43.7 Å². The molecule has 26 heavy (non-hydrogen) atoms. The zero-order chi connectivity index (χ0) is 19.1. The smallest absolute Gasteiger partial charge is 0.326 e. The van der Waals surface area contributed by atoms with E-state index in [9.17, 15) is 19.8 Å². The summed E-state index contributed by atoms with van der Waals surface area (Å²) in [5.74, 6) is -1.17. The van der Waals surface area contributed by atoms with E-state index in [0.717, 1.165) is 5.56 Å². The molecule has 7 N–H and O–H groups in total. The van der Waals surface area contributed by atoms with E-state index in [1.165, 1.54) is 12.1 Å². The van der Waals surface area contributed by atoms with Crippen molar-refractivity contribution in [1.29, 1.82) is 0 Å². The summed E-state index contributed by atoms with van der Waals surface area (Å²) in [6.45, 7) is 0.505. The molecule has 9 heteroatoms. The molecule has 0 spiro atoms. The van der Waals surface area contributed by atoms with Gasteiger partial charge in [-0.25, -0.2) is 9.78 Å². The minimum Gasteiger partial charge on any atom is -0.508 e. The van der Waals surface area contributed by atoms with Gasteiger partial charge in [-0.3, -0.25) is 4.79 Å². The highest BCUT2D eigenvalue weighted by Crippen LogP contribution is 2.11. The van der Waals surface area contributed by atoms with Gasteiger partial charge in [0, 0.05) is 18.9 Å². The molecule has 140 valence electrons. The molecule has 9 nitrogen and oxygen atoms in total. The van der Waals surface area contributed by atoms with Crippen molar-refractivity contribution < 1.29 is 19.8 Å². The molecule has 0 aliphatic heterocycles. The second-order valence-electron chi connectivity index (χ2n) is 6.00. The third-order valence-electron chi connectivity index (χ3n) is 3.98. The molecule has 2 aromatic rings. The topological polar surface area (TPSA) is 156 Å². The summed E-state index contributed by atoms with van der Waals surface area (Å²) < 4.78 is 1.71. The zero-order valence-corrected chi connectivity index (χ0v) is 14.2. The van der Waals surface area contributed by atoms with Crippen LogP contribution >= 0.6 is 0 Å². The maximum atomic E-state index is 12.2. The number of aromatic hydroxyl groups is 1. The lowest BCUT2D eigenvalue weighted by Gasteiger charge is -2.18. The maximum Gasteiger partial charge on any atom is 0.326 e. The van der Waals surface area contributed by atoms with Gasteiger partial charge in [0.1, 0.15) is 11.8 Å². The fourth-order valence-electron chi connectivity index (χ4n) is 2.51. The number of nitrogens with two attached hydrogens (primary N) is 2. The highest BCUT2D eigenvalue weighted by atomic mass is 16.4. The van der Waals surface area contributed by atoms with Gasteiger partial charge < -0.3 is 31.6 Å². The molecule has 0 aliphatic rings. The van der Waals surface area contributed by atoms with Gasteiger partial charge in [0.05, 0.1) is 6.04 Å². The maximum absolute atomic E-state index is 12.2. The van der Waals surface area contributed by atoms with Crippen LogP contribution in [0.15, 0.2) is 36.7 Å².